The van der Waals surface area contributed by atoms with E-state index in [0.29, 0.717) is 0 Å². The lowest BCUT2D eigenvalue weighted by atomic mass is 9.98. The summed E-state index contributed by atoms with van der Waals surface area (Å²) in [6.45, 7) is 1.07. The molecular weight excluding hydrogens is 176 g/mol. The van der Waals surface area contributed by atoms with E-state index in [1.165, 1.54) is 19.3 Å². The Kier molecular flexibility index (Phi) is 1.68. The van der Waals surface area contributed by atoms with Gasteiger partial charge >= 0.3 is 0 Å². The normalized spacial score (nSPS) is 24.1. The van der Waals surface area contributed by atoms with E-state index >= 15 is 0 Å². The lowest BCUT2D eigenvalue weighted by Gasteiger charge is -2.22. The largest absolute Gasteiger partial charge is 0.319 e. The van der Waals surface area contributed by atoms with Crippen LogP contribution in [-0.2, 0) is 18.5 Å². The number of nitrogens with zero attached hydrogens (tertiary/aromatic N) is 3. The standard InChI is InChI=1S/C10H16N4/c11-10(5-1-2-6-10)9-13-12-8-4-3-7-14(8)9/h1-7,11H2. The zero-order chi connectivity index (χ0) is 9.60. The molecule has 0 unspecified atom stereocenters. The Bertz CT molecular complexity index is 349. The van der Waals surface area contributed by atoms with Crippen LogP contribution in [0.2, 0.25) is 0 Å². The van der Waals surface area contributed by atoms with Gasteiger partial charge in [0.15, 0.2) is 5.82 Å². The predicted molar refractivity (Wildman–Crippen MR) is 52.7 cm³/mol. The molecule has 2 aliphatic rings. The van der Waals surface area contributed by atoms with Crippen LogP contribution < -0.4 is 5.73 Å². The number of hydrogen-bond donors (Lipinski definition) is 1. The van der Waals surface area contributed by atoms with Gasteiger partial charge in [0, 0.05) is 13.0 Å². The monoisotopic (exact) mass is 192 g/mol. The Hall–Kier alpha value is -0.900. The zero-order valence-electron chi connectivity index (χ0n) is 8.37. The predicted octanol–water partition coefficient (Wildman–Crippen LogP) is 0.952. The van der Waals surface area contributed by atoms with E-state index in [0.717, 1.165) is 37.5 Å². The van der Waals surface area contributed by atoms with Crippen LogP contribution in [0.5, 0.6) is 0 Å². The van der Waals surface area contributed by atoms with Crippen LogP contribution in [0.25, 0.3) is 0 Å². The fourth-order valence-corrected chi connectivity index (χ4v) is 2.75. The zero-order valence-corrected chi connectivity index (χ0v) is 8.37. The molecule has 1 saturated carbocycles. The topological polar surface area (TPSA) is 56.7 Å². The van der Waals surface area contributed by atoms with Gasteiger partial charge in [0.1, 0.15) is 5.82 Å². The van der Waals surface area contributed by atoms with Crippen molar-refractivity contribution in [3.05, 3.63) is 11.6 Å². The number of hydrogen-bond acceptors (Lipinski definition) is 3. The molecule has 1 aromatic heterocycles. The number of aryl methyl sites for hydroxylation is 1. The molecular formula is C10H16N4. The summed E-state index contributed by atoms with van der Waals surface area (Å²) in [4.78, 5) is 0. The molecule has 0 bridgehead atoms. The fourth-order valence-electron chi connectivity index (χ4n) is 2.75. The molecule has 1 aliphatic heterocycles. The highest BCUT2D eigenvalue weighted by Gasteiger charge is 2.37. The summed E-state index contributed by atoms with van der Waals surface area (Å²) in [7, 11) is 0. The van der Waals surface area contributed by atoms with Gasteiger partial charge in [-0.25, -0.2) is 0 Å². The van der Waals surface area contributed by atoms with E-state index in [4.69, 9.17) is 5.73 Å². The van der Waals surface area contributed by atoms with Gasteiger partial charge in [-0.1, -0.05) is 12.8 Å². The summed E-state index contributed by atoms with van der Waals surface area (Å²) in [5.41, 5.74) is 6.20. The van der Waals surface area contributed by atoms with Crippen molar-refractivity contribution in [1.82, 2.24) is 14.8 Å². The Morgan fingerprint density at radius 1 is 1.14 bits per heavy atom. The molecule has 2 N–H and O–H groups in total. The lowest BCUT2D eigenvalue weighted by molar-refractivity contribution is 0.409. The molecule has 2 heterocycles. The maximum atomic E-state index is 6.37. The first-order valence-electron chi connectivity index (χ1n) is 5.51. The Morgan fingerprint density at radius 3 is 2.71 bits per heavy atom. The smallest absolute Gasteiger partial charge is 0.153 e. The van der Waals surface area contributed by atoms with Crippen molar-refractivity contribution < 1.29 is 0 Å². The minimum Gasteiger partial charge on any atom is -0.319 e. The average molecular weight is 192 g/mol. The molecule has 0 atom stereocenters. The molecule has 4 heteroatoms. The summed E-state index contributed by atoms with van der Waals surface area (Å²) in [6, 6.07) is 0. The van der Waals surface area contributed by atoms with Gasteiger partial charge in [0.25, 0.3) is 0 Å². The van der Waals surface area contributed by atoms with E-state index < -0.39 is 0 Å². The van der Waals surface area contributed by atoms with Gasteiger partial charge in [-0.15, -0.1) is 10.2 Å². The van der Waals surface area contributed by atoms with Crippen LogP contribution >= 0.6 is 0 Å². The highest BCUT2D eigenvalue weighted by molar-refractivity contribution is 5.12. The first-order chi connectivity index (χ1) is 6.80. The van der Waals surface area contributed by atoms with E-state index in [1.807, 2.05) is 0 Å². The molecule has 14 heavy (non-hydrogen) atoms. The van der Waals surface area contributed by atoms with Crippen LogP contribution in [-0.4, -0.2) is 14.8 Å². The van der Waals surface area contributed by atoms with Crippen molar-refractivity contribution in [3.63, 3.8) is 0 Å². The second-order valence-corrected chi connectivity index (χ2v) is 4.56. The molecule has 1 fully saturated rings. The summed E-state index contributed by atoms with van der Waals surface area (Å²) in [5, 5.41) is 8.50. The Labute approximate surface area is 83.5 Å². The van der Waals surface area contributed by atoms with Gasteiger partial charge in [0.05, 0.1) is 5.54 Å². The van der Waals surface area contributed by atoms with Crippen molar-refractivity contribution >= 4 is 0 Å². The minimum absolute atomic E-state index is 0.171. The first kappa shape index (κ1) is 8.41. The third kappa shape index (κ3) is 1.03. The first-order valence-corrected chi connectivity index (χ1v) is 5.51. The minimum atomic E-state index is -0.171. The van der Waals surface area contributed by atoms with Crippen molar-refractivity contribution in [3.8, 4) is 0 Å². The SMILES string of the molecule is NC1(c2nnc3n2CCC3)CCCC1. The molecule has 0 spiro atoms. The molecule has 76 valence electrons. The van der Waals surface area contributed by atoms with Crippen molar-refractivity contribution in [2.24, 2.45) is 5.73 Å². The molecule has 1 aromatic rings. The number of nitrogens with two attached hydrogens (primary N) is 1. The fraction of sp³-hybridized carbons (Fsp3) is 0.800. The molecule has 4 nitrogen and oxygen atoms in total. The number of aromatic nitrogens is 3. The van der Waals surface area contributed by atoms with Gasteiger partial charge in [-0.2, -0.15) is 0 Å². The van der Waals surface area contributed by atoms with E-state index in [-0.39, 0.29) is 5.54 Å². The second-order valence-electron chi connectivity index (χ2n) is 4.56. The molecule has 1 aliphatic carbocycles. The molecule has 0 radical (unpaired) electrons. The molecule has 0 saturated heterocycles. The Morgan fingerprint density at radius 2 is 1.93 bits per heavy atom. The van der Waals surface area contributed by atoms with Crippen LogP contribution in [0, 0.1) is 0 Å². The van der Waals surface area contributed by atoms with Crippen molar-refractivity contribution in [1.29, 1.82) is 0 Å². The third-order valence-electron chi connectivity index (χ3n) is 3.55. The quantitative estimate of drug-likeness (QED) is 0.720. The van der Waals surface area contributed by atoms with Gasteiger partial charge in [0.2, 0.25) is 0 Å². The highest BCUT2D eigenvalue weighted by Crippen LogP contribution is 2.36. The lowest BCUT2D eigenvalue weighted by Crippen LogP contribution is -2.36. The number of rotatable bonds is 1. The third-order valence-corrected chi connectivity index (χ3v) is 3.55. The van der Waals surface area contributed by atoms with Crippen molar-refractivity contribution in [2.75, 3.05) is 0 Å². The summed E-state index contributed by atoms with van der Waals surface area (Å²) in [5.74, 6) is 2.18. The van der Waals surface area contributed by atoms with E-state index in [9.17, 15) is 0 Å². The van der Waals surface area contributed by atoms with Crippen LogP contribution in [0.1, 0.15) is 43.8 Å². The van der Waals surface area contributed by atoms with Gasteiger partial charge in [-0.05, 0) is 19.3 Å². The van der Waals surface area contributed by atoms with Gasteiger partial charge < -0.3 is 10.3 Å². The summed E-state index contributed by atoms with van der Waals surface area (Å²) < 4.78 is 2.24. The van der Waals surface area contributed by atoms with Crippen molar-refractivity contribution in [2.45, 2.75) is 50.6 Å². The van der Waals surface area contributed by atoms with E-state index in [2.05, 4.69) is 14.8 Å². The molecule has 0 aromatic carbocycles. The van der Waals surface area contributed by atoms with E-state index in [1.54, 1.807) is 0 Å². The van der Waals surface area contributed by atoms with Crippen LogP contribution in [0.4, 0.5) is 0 Å². The summed E-state index contributed by atoms with van der Waals surface area (Å²) >= 11 is 0. The van der Waals surface area contributed by atoms with Crippen LogP contribution in [0.15, 0.2) is 0 Å². The maximum Gasteiger partial charge on any atom is 0.153 e. The average Bonchev–Trinajstić information content (AvgIpc) is 2.76. The molecule has 0 amide bonds. The number of fused-ring (bicyclic) bond motifs is 1. The van der Waals surface area contributed by atoms with Gasteiger partial charge in [-0.3, -0.25) is 0 Å². The molecule has 3 rings (SSSR count). The Balaban J connectivity index is 2.03. The maximum absolute atomic E-state index is 6.37. The summed E-state index contributed by atoms with van der Waals surface area (Å²) in [6.07, 6.45) is 6.89. The highest BCUT2D eigenvalue weighted by atomic mass is 15.3. The van der Waals surface area contributed by atoms with Crippen LogP contribution in [0.3, 0.4) is 0 Å². The second kappa shape index (κ2) is 2.79.